The molecule has 0 radical (unpaired) electrons. The molecule has 3 aromatic carbocycles. The molecule has 214 valence electrons. The second-order valence-corrected chi connectivity index (χ2v) is 9.70. The van der Waals surface area contributed by atoms with Gasteiger partial charge < -0.3 is 34.5 Å². The molecule has 1 fully saturated rings. The van der Waals surface area contributed by atoms with E-state index in [1.165, 1.54) is 0 Å². The van der Waals surface area contributed by atoms with Crippen molar-refractivity contribution in [3.63, 3.8) is 0 Å². The fourth-order valence-electron chi connectivity index (χ4n) is 4.72. The zero-order chi connectivity index (χ0) is 28.8. The number of ether oxygens (including phenoxy) is 4. The fraction of sp³-hybridized carbons (Fsp3) is 0.323. The van der Waals surface area contributed by atoms with Crippen molar-refractivity contribution in [2.24, 2.45) is 0 Å². The molecule has 0 bridgehead atoms. The number of benzene rings is 3. The Morgan fingerprint density at radius 1 is 0.854 bits per heavy atom. The van der Waals surface area contributed by atoms with Gasteiger partial charge in [-0.2, -0.15) is 4.98 Å². The van der Waals surface area contributed by atoms with Gasteiger partial charge in [-0.05, 0) is 36.2 Å². The van der Waals surface area contributed by atoms with E-state index in [4.69, 9.17) is 29.7 Å². The van der Waals surface area contributed by atoms with Crippen molar-refractivity contribution >= 4 is 28.6 Å². The molecule has 41 heavy (non-hydrogen) atoms. The molecule has 0 aliphatic carbocycles. The highest BCUT2D eigenvalue weighted by Crippen LogP contribution is 2.34. The van der Waals surface area contributed by atoms with Crippen molar-refractivity contribution in [1.29, 1.82) is 0 Å². The summed E-state index contributed by atoms with van der Waals surface area (Å²) in [6, 6.07) is 18.9. The van der Waals surface area contributed by atoms with E-state index in [0.717, 1.165) is 12.0 Å². The number of amides is 1. The van der Waals surface area contributed by atoms with Crippen LogP contribution in [0.15, 0.2) is 60.7 Å². The number of hydrogen-bond acceptors (Lipinski definition) is 9. The molecular weight excluding hydrogens is 522 g/mol. The van der Waals surface area contributed by atoms with Gasteiger partial charge in [0.2, 0.25) is 5.95 Å². The van der Waals surface area contributed by atoms with Gasteiger partial charge in [0.25, 0.3) is 5.91 Å². The summed E-state index contributed by atoms with van der Waals surface area (Å²) in [5.74, 6) is 3.13. The van der Waals surface area contributed by atoms with Crippen molar-refractivity contribution in [3.8, 4) is 23.0 Å². The first-order valence-electron chi connectivity index (χ1n) is 13.7. The predicted octanol–water partition coefficient (Wildman–Crippen LogP) is 4.56. The summed E-state index contributed by atoms with van der Waals surface area (Å²) >= 11 is 0. The Morgan fingerprint density at radius 2 is 1.59 bits per heavy atom. The number of rotatable bonds is 10. The lowest BCUT2D eigenvalue weighted by Crippen LogP contribution is -2.49. The predicted molar refractivity (Wildman–Crippen MR) is 158 cm³/mol. The lowest BCUT2D eigenvalue weighted by molar-refractivity contribution is 0.0745. The Balaban J connectivity index is 1.27. The van der Waals surface area contributed by atoms with Crippen molar-refractivity contribution in [3.05, 3.63) is 71.8 Å². The lowest BCUT2D eigenvalue weighted by Gasteiger charge is -2.35. The maximum atomic E-state index is 13.5. The first-order chi connectivity index (χ1) is 20.0. The van der Waals surface area contributed by atoms with Crippen molar-refractivity contribution < 1.29 is 23.7 Å². The first-order valence-corrected chi connectivity index (χ1v) is 13.7. The fourth-order valence-corrected chi connectivity index (χ4v) is 4.72. The molecule has 2 heterocycles. The third kappa shape index (κ3) is 6.21. The summed E-state index contributed by atoms with van der Waals surface area (Å²) in [6.07, 6.45) is 0.847. The Labute approximate surface area is 239 Å². The number of nitrogen functional groups attached to an aromatic ring is 1. The Hall–Kier alpha value is -4.73. The highest BCUT2D eigenvalue weighted by atomic mass is 16.5. The van der Waals surface area contributed by atoms with Gasteiger partial charge >= 0.3 is 0 Å². The normalized spacial score (nSPS) is 13.2. The van der Waals surface area contributed by atoms with Gasteiger partial charge in [0.05, 0.1) is 26.3 Å². The molecule has 1 aliphatic heterocycles. The average molecular weight is 558 g/mol. The molecule has 1 saturated heterocycles. The van der Waals surface area contributed by atoms with Crippen LogP contribution >= 0.6 is 0 Å². The van der Waals surface area contributed by atoms with Crippen LogP contribution in [0.25, 0.3) is 10.9 Å². The van der Waals surface area contributed by atoms with Gasteiger partial charge in [0.1, 0.15) is 12.4 Å². The molecule has 1 aromatic heterocycles. The molecule has 4 aromatic rings. The standard InChI is InChI=1S/C31H35N5O5/c1-4-16-40-28-17-22(10-11-25(28)41-20-21-8-6-5-7-9-21)30(37)35-12-14-36(15-13-35)31-33-24-19-27(39-3)26(38-2)18-23(24)29(32)34-31/h5-11,17-19H,4,12-16,20H2,1-3H3,(H2,32,33,34). The summed E-state index contributed by atoms with van der Waals surface area (Å²) < 4.78 is 22.8. The summed E-state index contributed by atoms with van der Waals surface area (Å²) in [4.78, 5) is 26.6. The quantitative estimate of drug-likeness (QED) is 0.300. The van der Waals surface area contributed by atoms with Crippen LogP contribution in [-0.2, 0) is 6.61 Å². The third-order valence-corrected chi connectivity index (χ3v) is 6.96. The number of anilines is 2. The minimum Gasteiger partial charge on any atom is -0.493 e. The number of nitrogens with zero attached hydrogens (tertiary/aromatic N) is 4. The monoisotopic (exact) mass is 557 g/mol. The molecule has 10 nitrogen and oxygen atoms in total. The van der Waals surface area contributed by atoms with E-state index in [-0.39, 0.29) is 5.91 Å². The van der Waals surface area contributed by atoms with Crippen LogP contribution < -0.4 is 29.6 Å². The van der Waals surface area contributed by atoms with Gasteiger partial charge in [-0.15, -0.1) is 0 Å². The van der Waals surface area contributed by atoms with Gasteiger partial charge in [0.15, 0.2) is 23.0 Å². The van der Waals surface area contributed by atoms with Crippen LogP contribution in [-0.4, -0.2) is 67.8 Å². The first kappa shape index (κ1) is 27.8. The number of carbonyl (C=O) groups excluding carboxylic acids is 1. The Morgan fingerprint density at radius 3 is 2.29 bits per heavy atom. The van der Waals surface area contributed by atoms with Gasteiger partial charge in [-0.3, -0.25) is 4.79 Å². The molecule has 0 unspecified atom stereocenters. The highest BCUT2D eigenvalue weighted by molar-refractivity contribution is 5.95. The Bertz CT molecular complexity index is 1510. The molecule has 5 rings (SSSR count). The third-order valence-electron chi connectivity index (χ3n) is 6.96. The topological polar surface area (TPSA) is 112 Å². The van der Waals surface area contributed by atoms with Crippen molar-refractivity contribution in [1.82, 2.24) is 14.9 Å². The number of piperazine rings is 1. The van der Waals surface area contributed by atoms with Crippen LogP contribution in [0, 0.1) is 0 Å². The van der Waals surface area contributed by atoms with E-state index >= 15 is 0 Å². The summed E-state index contributed by atoms with van der Waals surface area (Å²) in [5, 5.41) is 0.692. The molecule has 0 spiro atoms. The zero-order valence-corrected chi connectivity index (χ0v) is 23.6. The van der Waals surface area contributed by atoms with E-state index in [1.807, 2.05) is 53.1 Å². The van der Waals surface area contributed by atoms with Crippen LogP contribution in [0.3, 0.4) is 0 Å². The van der Waals surface area contributed by atoms with Gasteiger partial charge in [-0.25, -0.2) is 4.98 Å². The van der Waals surface area contributed by atoms with E-state index in [2.05, 4.69) is 4.98 Å². The molecule has 1 aliphatic rings. The number of fused-ring (bicyclic) bond motifs is 1. The highest BCUT2D eigenvalue weighted by Gasteiger charge is 2.25. The van der Waals surface area contributed by atoms with Crippen molar-refractivity contribution in [2.45, 2.75) is 20.0 Å². The summed E-state index contributed by atoms with van der Waals surface area (Å²) in [5.41, 5.74) is 8.57. The smallest absolute Gasteiger partial charge is 0.254 e. The molecule has 0 atom stereocenters. The van der Waals surface area contributed by atoms with E-state index in [1.54, 1.807) is 38.5 Å². The van der Waals surface area contributed by atoms with Crippen LogP contribution in [0.4, 0.5) is 11.8 Å². The van der Waals surface area contributed by atoms with Crippen molar-refractivity contribution in [2.75, 3.05) is 57.6 Å². The van der Waals surface area contributed by atoms with E-state index in [0.29, 0.717) is 90.6 Å². The Kier molecular flexibility index (Phi) is 8.57. The van der Waals surface area contributed by atoms with Crippen LogP contribution in [0.1, 0.15) is 29.3 Å². The summed E-state index contributed by atoms with van der Waals surface area (Å²) in [6.45, 7) is 5.17. The van der Waals surface area contributed by atoms with E-state index in [9.17, 15) is 4.79 Å². The van der Waals surface area contributed by atoms with Crippen LogP contribution in [0.5, 0.6) is 23.0 Å². The molecule has 10 heteroatoms. The number of methoxy groups -OCH3 is 2. The number of nitrogens with two attached hydrogens (primary N) is 1. The molecule has 1 amide bonds. The second kappa shape index (κ2) is 12.6. The van der Waals surface area contributed by atoms with Gasteiger partial charge in [-0.1, -0.05) is 37.3 Å². The zero-order valence-electron chi connectivity index (χ0n) is 23.6. The molecule has 0 saturated carbocycles. The lowest BCUT2D eigenvalue weighted by atomic mass is 10.1. The molecule has 2 N–H and O–H groups in total. The number of hydrogen-bond donors (Lipinski definition) is 1. The average Bonchev–Trinajstić information content (AvgIpc) is 3.02. The number of aromatic nitrogens is 2. The SMILES string of the molecule is CCCOc1cc(C(=O)N2CCN(c3nc(N)c4cc(OC)c(OC)cc4n3)CC2)ccc1OCc1ccccc1. The van der Waals surface area contributed by atoms with Gasteiger partial charge in [0, 0.05) is 43.2 Å². The maximum absolute atomic E-state index is 13.5. The van der Waals surface area contributed by atoms with E-state index < -0.39 is 0 Å². The largest absolute Gasteiger partial charge is 0.493 e. The van der Waals surface area contributed by atoms with Crippen LogP contribution in [0.2, 0.25) is 0 Å². The second-order valence-electron chi connectivity index (χ2n) is 9.70. The maximum Gasteiger partial charge on any atom is 0.254 e. The number of carbonyl (C=O) groups is 1. The minimum atomic E-state index is -0.0589. The summed E-state index contributed by atoms with van der Waals surface area (Å²) in [7, 11) is 3.15. The minimum absolute atomic E-state index is 0.0589. The molecular formula is C31H35N5O5.